The van der Waals surface area contributed by atoms with Gasteiger partial charge in [0.1, 0.15) is 11.4 Å². The van der Waals surface area contributed by atoms with Crippen molar-refractivity contribution < 1.29 is 36.4 Å². The fourth-order valence-corrected chi connectivity index (χ4v) is 4.31. The van der Waals surface area contributed by atoms with Crippen molar-refractivity contribution in [1.29, 1.82) is 0 Å². The second-order valence-corrected chi connectivity index (χ2v) is 7.73. The van der Waals surface area contributed by atoms with Gasteiger partial charge in [-0.25, -0.2) is 9.48 Å². The lowest BCUT2D eigenvalue weighted by Gasteiger charge is -2.24. The summed E-state index contributed by atoms with van der Waals surface area (Å²) in [4.78, 5) is 1.73. The molecule has 2 aromatic carbocycles. The van der Waals surface area contributed by atoms with Crippen molar-refractivity contribution in [3.05, 3.63) is 59.7 Å². The third-order valence-corrected chi connectivity index (χ3v) is 5.76. The van der Waals surface area contributed by atoms with Crippen LogP contribution in [0.3, 0.4) is 0 Å². The van der Waals surface area contributed by atoms with E-state index in [0.29, 0.717) is 24.2 Å². The molecule has 2 heterocycles. The third-order valence-electron chi connectivity index (χ3n) is 5.76. The van der Waals surface area contributed by atoms with Gasteiger partial charge in [0, 0.05) is 12.0 Å². The first-order chi connectivity index (χ1) is 14.7. The van der Waals surface area contributed by atoms with Gasteiger partial charge in [0.25, 0.3) is 11.6 Å². The van der Waals surface area contributed by atoms with Gasteiger partial charge in [0.2, 0.25) is 0 Å². The molecule has 0 saturated heterocycles. The van der Waals surface area contributed by atoms with Crippen LogP contribution < -0.4 is 9.64 Å². The van der Waals surface area contributed by atoms with Gasteiger partial charge in [-0.2, -0.15) is 22.0 Å². The summed E-state index contributed by atoms with van der Waals surface area (Å²) < 4.78 is 70.8. The molecule has 0 aliphatic carbocycles. The summed E-state index contributed by atoms with van der Waals surface area (Å²) in [6.07, 6.45) is -1.23. The van der Waals surface area contributed by atoms with Crippen molar-refractivity contribution in [1.82, 2.24) is 0 Å². The second kappa shape index (κ2) is 8.11. The number of benzene rings is 2. The van der Waals surface area contributed by atoms with E-state index in [1.54, 1.807) is 11.0 Å². The number of amidine groups is 1. The zero-order chi connectivity index (χ0) is 22.2. The number of halogens is 5. The van der Waals surface area contributed by atoms with Crippen LogP contribution in [0.1, 0.15) is 36.8 Å². The summed E-state index contributed by atoms with van der Waals surface area (Å²) in [6, 6.07) is 10.8. The molecular weight excluding hydrogens is 419 g/mol. The molecule has 0 unspecified atom stereocenters. The molecule has 1 N–H and O–H groups in total. The first-order valence-electron chi connectivity index (χ1n) is 10.0. The van der Waals surface area contributed by atoms with Crippen LogP contribution in [0.2, 0.25) is 0 Å². The Bertz CT molecular complexity index is 975. The van der Waals surface area contributed by atoms with E-state index in [1.165, 1.54) is 30.3 Å². The molecule has 0 fully saturated rings. The largest absolute Gasteiger partial charge is 0.435 e. The quantitative estimate of drug-likeness (QED) is 0.538. The molecule has 0 saturated carbocycles. The average molecular weight is 441 g/mol. The highest BCUT2D eigenvalue weighted by Gasteiger charge is 2.52. The van der Waals surface area contributed by atoms with E-state index in [4.69, 9.17) is 0 Å². The Kier molecular flexibility index (Phi) is 5.63. The van der Waals surface area contributed by atoms with Crippen LogP contribution in [0, 0.1) is 0 Å². The van der Waals surface area contributed by atoms with Gasteiger partial charge in [-0.15, -0.1) is 0 Å². The maximum absolute atomic E-state index is 13.2. The molecule has 0 amide bonds. The summed E-state index contributed by atoms with van der Waals surface area (Å²) in [6.45, 7) is -2.39. The molecule has 4 nitrogen and oxygen atoms in total. The number of β-amino-alcohol motifs (C(OH)–C–C–N with tert-alkyl or cyclic N) is 1. The lowest BCUT2D eigenvalue weighted by molar-refractivity contribution is -0.658. The number of hydrogen-bond donors (Lipinski definition) is 1. The van der Waals surface area contributed by atoms with Crippen molar-refractivity contribution >= 4 is 11.5 Å². The Balaban J connectivity index is 1.73. The van der Waals surface area contributed by atoms with E-state index in [1.807, 2.05) is 4.58 Å². The number of nitrogens with zero attached hydrogens (tertiary/aromatic N) is 2. The minimum absolute atomic E-state index is 0.0265. The molecule has 0 bridgehead atoms. The standard InChI is InChI=1S/C22H22F5N2O2/c23-20(24)31-18-10-8-15(9-11-18)21(30)14-28(19-7-2-1-3-12-29(19)21)17-6-4-5-16(13-17)22(25,26)27/h4-6,8-11,13,20,30H,1-3,7,12,14H2/q+1/t21-/m0/s1. The molecule has 2 aliphatic heterocycles. The molecule has 2 aliphatic rings. The van der Waals surface area contributed by atoms with Gasteiger partial charge in [-0.3, -0.25) is 0 Å². The van der Waals surface area contributed by atoms with E-state index >= 15 is 0 Å². The maximum Gasteiger partial charge on any atom is 0.416 e. The van der Waals surface area contributed by atoms with Crippen molar-refractivity contribution in [2.75, 3.05) is 18.0 Å². The van der Waals surface area contributed by atoms with Crippen LogP contribution in [0.15, 0.2) is 48.5 Å². The Hall–Kier alpha value is -2.68. The van der Waals surface area contributed by atoms with Crippen LogP contribution >= 0.6 is 0 Å². The number of aliphatic hydroxyl groups is 1. The van der Waals surface area contributed by atoms with Crippen LogP contribution in [-0.4, -0.2) is 35.2 Å². The number of rotatable bonds is 4. The molecule has 2 aromatic rings. The van der Waals surface area contributed by atoms with Crippen molar-refractivity contribution in [3.63, 3.8) is 0 Å². The molecular formula is C22H22F5N2O2+. The summed E-state index contributed by atoms with van der Waals surface area (Å²) in [5, 5.41) is 11.7. The number of ether oxygens (including phenoxy) is 1. The van der Waals surface area contributed by atoms with Gasteiger partial charge in [-0.05, 0) is 61.7 Å². The Morgan fingerprint density at radius 1 is 1.03 bits per heavy atom. The average Bonchev–Trinajstić information content (AvgIpc) is 2.86. The van der Waals surface area contributed by atoms with Crippen molar-refractivity contribution in [2.45, 2.75) is 44.2 Å². The summed E-state index contributed by atoms with van der Waals surface area (Å²) in [5.74, 6) is 0.724. The lowest BCUT2D eigenvalue weighted by atomic mass is 10.0. The smallest absolute Gasteiger partial charge is 0.416 e. The summed E-state index contributed by atoms with van der Waals surface area (Å²) in [5.41, 5.74) is -1.44. The first kappa shape index (κ1) is 21.5. The molecule has 0 aromatic heterocycles. The van der Waals surface area contributed by atoms with Gasteiger partial charge in [0.05, 0.1) is 12.1 Å². The topological polar surface area (TPSA) is 35.7 Å². The van der Waals surface area contributed by atoms with E-state index < -0.39 is 24.1 Å². The SMILES string of the molecule is O[C@]1(c2ccc(OC(F)F)cc2)CN(c2cccc(C(F)(F)F)c2)C2=[N+]1CCCCC2. The van der Waals surface area contributed by atoms with Gasteiger partial charge in [-0.1, -0.05) is 6.07 Å². The van der Waals surface area contributed by atoms with Crippen LogP contribution in [0.25, 0.3) is 0 Å². The molecule has 31 heavy (non-hydrogen) atoms. The molecule has 0 radical (unpaired) electrons. The second-order valence-electron chi connectivity index (χ2n) is 7.73. The van der Waals surface area contributed by atoms with E-state index in [9.17, 15) is 27.1 Å². The molecule has 1 atom stereocenters. The van der Waals surface area contributed by atoms with E-state index in [-0.39, 0.29) is 12.3 Å². The minimum atomic E-state index is -4.47. The van der Waals surface area contributed by atoms with Gasteiger partial charge >= 0.3 is 12.8 Å². The highest BCUT2D eigenvalue weighted by atomic mass is 19.4. The number of hydrogen-bond acceptors (Lipinski definition) is 3. The predicted octanol–water partition coefficient (Wildman–Crippen LogP) is 4.96. The fraction of sp³-hybridized carbons (Fsp3) is 0.409. The van der Waals surface area contributed by atoms with Gasteiger partial charge < -0.3 is 9.84 Å². The Morgan fingerprint density at radius 2 is 1.77 bits per heavy atom. The predicted molar refractivity (Wildman–Crippen MR) is 104 cm³/mol. The van der Waals surface area contributed by atoms with Crippen LogP contribution in [0.4, 0.5) is 27.6 Å². The highest BCUT2D eigenvalue weighted by Crippen LogP contribution is 2.38. The zero-order valence-electron chi connectivity index (χ0n) is 16.6. The van der Waals surface area contributed by atoms with Crippen LogP contribution in [-0.2, 0) is 11.9 Å². The Labute approximate surface area is 176 Å². The van der Waals surface area contributed by atoms with Crippen LogP contribution in [0.5, 0.6) is 5.75 Å². The number of alkyl halides is 5. The number of anilines is 1. The van der Waals surface area contributed by atoms with E-state index in [2.05, 4.69) is 4.74 Å². The monoisotopic (exact) mass is 441 g/mol. The fourth-order valence-electron chi connectivity index (χ4n) is 4.31. The van der Waals surface area contributed by atoms with Crippen molar-refractivity contribution in [2.24, 2.45) is 0 Å². The molecule has 166 valence electrons. The summed E-state index contributed by atoms with van der Waals surface area (Å²) >= 11 is 0. The molecule has 4 rings (SSSR count). The molecule has 0 spiro atoms. The highest BCUT2D eigenvalue weighted by molar-refractivity contribution is 5.96. The summed E-state index contributed by atoms with van der Waals surface area (Å²) in [7, 11) is 0. The maximum atomic E-state index is 13.2. The normalized spacial score (nSPS) is 22.0. The first-order valence-corrected chi connectivity index (χ1v) is 10.0. The van der Waals surface area contributed by atoms with Crippen molar-refractivity contribution in [3.8, 4) is 5.75 Å². The zero-order valence-corrected chi connectivity index (χ0v) is 16.6. The lowest BCUT2D eigenvalue weighted by Crippen LogP contribution is -2.41. The Morgan fingerprint density at radius 3 is 2.45 bits per heavy atom. The van der Waals surface area contributed by atoms with Gasteiger partial charge in [0.15, 0.2) is 6.54 Å². The third kappa shape index (κ3) is 4.23. The minimum Gasteiger partial charge on any atom is -0.435 e. The van der Waals surface area contributed by atoms with E-state index in [0.717, 1.165) is 37.2 Å². The molecule has 9 heteroatoms.